The number of halogens is 3. The second-order valence-electron chi connectivity index (χ2n) is 7.83. The van der Waals surface area contributed by atoms with Crippen molar-refractivity contribution >= 4 is 6.08 Å². The minimum Gasteiger partial charge on any atom is -0.373 e. The highest BCUT2D eigenvalue weighted by molar-refractivity contribution is 5.67. The zero-order valence-corrected chi connectivity index (χ0v) is 17.2. The van der Waals surface area contributed by atoms with E-state index in [9.17, 15) is 13.2 Å². The summed E-state index contributed by atoms with van der Waals surface area (Å²) in [4.78, 5) is 0. The van der Waals surface area contributed by atoms with Crippen molar-refractivity contribution in [3.05, 3.63) is 65.0 Å². The van der Waals surface area contributed by atoms with Crippen molar-refractivity contribution in [3.8, 4) is 11.1 Å². The number of allylic oxidation sites excluding steroid dienone is 1. The molecule has 1 saturated heterocycles. The molecule has 0 aliphatic carbocycles. The van der Waals surface area contributed by atoms with E-state index in [-0.39, 0.29) is 11.1 Å². The Hall–Kier alpha value is -2.07. The topological polar surface area (TPSA) is 9.23 Å². The molecule has 2 unspecified atom stereocenters. The number of benzene rings is 2. The molecule has 0 amide bonds. The van der Waals surface area contributed by atoms with Crippen LogP contribution in [0, 0.1) is 23.4 Å². The van der Waals surface area contributed by atoms with Crippen LogP contribution in [0.2, 0.25) is 0 Å². The highest BCUT2D eigenvalue weighted by Crippen LogP contribution is 2.36. The zero-order valence-electron chi connectivity index (χ0n) is 17.2. The highest BCUT2D eigenvalue weighted by atomic mass is 19.2. The molecule has 1 aliphatic rings. The molecule has 0 aromatic heterocycles. The number of unbranched alkanes of at least 4 members (excludes halogenated alkanes) is 2. The molecule has 1 nitrogen and oxygen atoms in total. The third-order valence-electron chi connectivity index (χ3n) is 5.70. The van der Waals surface area contributed by atoms with E-state index in [1.54, 1.807) is 37.3 Å². The summed E-state index contributed by atoms with van der Waals surface area (Å²) in [6.45, 7) is 4.57. The Kier molecular flexibility index (Phi) is 7.54. The van der Waals surface area contributed by atoms with E-state index in [0.717, 1.165) is 12.8 Å². The van der Waals surface area contributed by atoms with Gasteiger partial charge in [0.05, 0.1) is 12.7 Å². The first-order chi connectivity index (χ1) is 14.0. The van der Waals surface area contributed by atoms with Gasteiger partial charge in [-0.25, -0.2) is 13.2 Å². The fraction of sp³-hybridized carbons (Fsp3) is 0.440. The molecule has 2 atom stereocenters. The van der Waals surface area contributed by atoms with E-state index in [0.29, 0.717) is 30.1 Å². The minimum atomic E-state index is -0.950. The van der Waals surface area contributed by atoms with Crippen molar-refractivity contribution in [2.75, 3.05) is 6.61 Å². The lowest BCUT2D eigenvalue weighted by atomic mass is 9.90. The van der Waals surface area contributed by atoms with Gasteiger partial charge < -0.3 is 4.74 Å². The summed E-state index contributed by atoms with van der Waals surface area (Å²) in [6.07, 6.45) is 9.33. The largest absolute Gasteiger partial charge is 0.373 e. The fourth-order valence-corrected chi connectivity index (χ4v) is 4.01. The van der Waals surface area contributed by atoms with Gasteiger partial charge in [0.15, 0.2) is 11.6 Å². The summed E-state index contributed by atoms with van der Waals surface area (Å²) in [7, 11) is 0. The summed E-state index contributed by atoms with van der Waals surface area (Å²) in [5.41, 5.74) is 1.05. The van der Waals surface area contributed by atoms with Crippen LogP contribution in [0.4, 0.5) is 13.2 Å². The van der Waals surface area contributed by atoms with Crippen LogP contribution in [0.15, 0.2) is 36.4 Å². The predicted molar refractivity (Wildman–Crippen MR) is 112 cm³/mol. The molecule has 2 aromatic rings. The molecule has 0 spiro atoms. The van der Waals surface area contributed by atoms with Crippen LogP contribution in [0.3, 0.4) is 0 Å². The molecule has 0 N–H and O–H groups in total. The third kappa shape index (κ3) is 5.11. The van der Waals surface area contributed by atoms with Crippen molar-refractivity contribution < 1.29 is 17.9 Å². The van der Waals surface area contributed by atoms with E-state index in [2.05, 4.69) is 6.92 Å². The molecule has 0 bridgehead atoms. The molecule has 0 radical (unpaired) electrons. The first kappa shape index (κ1) is 21.6. The monoisotopic (exact) mass is 402 g/mol. The Bertz CT molecular complexity index is 851. The Balaban J connectivity index is 1.74. The number of ether oxygens (including phenoxy) is 1. The minimum absolute atomic E-state index is 0.0606. The Morgan fingerprint density at radius 1 is 1.03 bits per heavy atom. The van der Waals surface area contributed by atoms with Gasteiger partial charge in [0.25, 0.3) is 0 Å². The number of hydrogen-bond acceptors (Lipinski definition) is 1. The van der Waals surface area contributed by atoms with Crippen LogP contribution in [-0.4, -0.2) is 6.61 Å². The molecule has 3 rings (SSSR count). The molecular formula is C25H29F3O. The number of hydrogen-bond donors (Lipinski definition) is 0. The van der Waals surface area contributed by atoms with Gasteiger partial charge in [-0.15, -0.1) is 0 Å². The van der Waals surface area contributed by atoms with Gasteiger partial charge in [0.2, 0.25) is 0 Å². The molecule has 4 heteroatoms. The van der Waals surface area contributed by atoms with Gasteiger partial charge in [-0.3, -0.25) is 0 Å². The summed E-state index contributed by atoms with van der Waals surface area (Å²) in [5, 5.41) is 0. The van der Waals surface area contributed by atoms with Crippen molar-refractivity contribution in [3.63, 3.8) is 0 Å². The molecule has 29 heavy (non-hydrogen) atoms. The normalized spacial score (nSPS) is 19.8. The van der Waals surface area contributed by atoms with Crippen molar-refractivity contribution in [2.24, 2.45) is 5.92 Å². The van der Waals surface area contributed by atoms with Crippen molar-refractivity contribution in [2.45, 2.75) is 58.5 Å². The molecule has 0 saturated carbocycles. The van der Waals surface area contributed by atoms with Crippen LogP contribution < -0.4 is 0 Å². The summed E-state index contributed by atoms with van der Waals surface area (Å²) in [6, 6.07) is 7.51. The van der Waals surface area contributed by atoms with Crippen molar-refractivity contribution in [1.29, 1.82) is 0 Å². The zero-order chi connectivity index (χ0) is 20.8. The lowest BCUT2D eigenvalue weighted by Gasteiger charge is -2.29. The maximum Gasteiger partial charge on any atom is 0.167 e. The van der Waals surface area contributed by atoms with E-state index in [1.807, 2.05) is 0 Å². The van der Waals surface area contributed by atoms with E-state index in [1.165, 1.54) is 31.4 Å². The average Bonchev–Trinajstić information content (AvgIpc) is 2.73. The van der Waals surface area contributed by atoms with Crippen LogP contribution in [0.25, 0.3) is 17.2 Å². The lowest BCUT2D eigenvalue weighted by Crippen LogP contribution is -2.21. The summed E-state index contributed by atoms with van der Waals surface area (Å²) < 4.78 is 49.7. The van der Waals surface area contributed by atoms with Gasteiger partial charge >= 0.3 is 0 Å². The van der Waals surface area contributed by atoms with E-state index >= 15 is 0 Å². The maximum atomic E-state index is 14.8. The maximum absolute atomic E-state index is 14.8. The van der Waals surface area contributed by atoms with E-state index < -0.39 is 23.6 Å². The van der Waals surface area contributed by atoms with Gasteiger partial charge in [0.1, 0.15) is 5.82 Å². The highest BCUT2D eigenvalue weighted by Gasteiger charge is 2.27. The summed E-state index contributed by atoms with van der Waals surface area (Å²) in [5.74, 6) is -1.80. The molecule has 2 aromatic carbocycles. The Morgan fingerprint density at radius 2 is 1.86 bits per heavy atom. The molecule has 1 aliphatic heterocycles. The Morgan fingerprint density at radius 3 is 2.52 bits per heavy atom. The predicted octanol–water partition coefficient (Wildman–Crippen LogP) is 7.85. The second-order valence-corrected chi connectivity index (χ2v) is 7.83. The van der Waals surface area contributed by atoms with Gasteiger partial charge in [0, 0.05) is 16.7 Å². The first-order valence-electron chi connectivity index (χ1n) is 10.6. The first-order valence-corrected chi connectivity index (χ1v) is 10.6. The molecule has 1 fully saturated rings. The van der Waals surface area contributed by atoms with Crippen LogP contribution in [-0.2, 0) is 4.74 Å². The van der Waals surface area contributed by atoms with E-state index in [4.69, 9.17) is 4.74 Å². The van der Waals surface area contributed by atoms with Crippen LogP contribution in [0.5, 0.6) is 0 Å². The van der Waals surface area contributed by atoms with Gasteiger partial charge in [-0.1, -0.05) is 62.6 Å². The molecular weight excluding hydrogens is 373 g/mol. The Labute approximate surface area is 171 Å². The second kappa shape index (κ2) is 10.1. The smallest absolute Gasteiger partial charge is 0.167 e. The SMILES string of the molecule is C/C=C/c1ccc(-c2ccc(C3CCC(CCCCC)CO3)c(F)c2F)cc1F. The van der Waals surface area contributed by atoms with Crippen LogP contribution >= 0.6 is 0 Å². The van der Waals surface area contributed by atoms with Crippen LogP contribution in [0.1, 0.15) is 69.6 Å². The average molecular weight is 403 g/mol. The molecule has 156 valence electrons. The molecule has 1 heterocycles. The fourth-order valence-electron chi connectivity index (χ4n) is 4.01. The van der Waals surface area contributed by atoms with Crippen molar-refractivity contribution in [1.82, 2.24) is 0 Å². The lowest BCUT2D eigenvalue weighted by molar-refractivity contribution is -0.0218. The van der Waals surface area contributed by atoms with Gasteiger partial charge in [-0.2, -0.15) is 0 Å². The number of rotatable bonds is 7. The third-order valence-corrected chi connectivity index (χ3v) is 5.70. The standard InChI is InChI=1S/C25H29F3O/c1-3-5-6-8-17-9-14-23(29-16-17)21-13-12-20(24(27)25(21)28)19-11-10-18(7-4-2)22(26)15-19/h4,7,10-13,15,17,23H,3,5-6,8-9,14,16H2,1-2H3/b7-4+. The quantitative estimate of drug-likeness (QED) is 0.428. The summed E-state index contributed by atoms with van der Waals surface area (Å²) >= 11 is 0. The van der Waals surface area contributed by atoms with Gasteiger partial charge in [-0.05, 0) is 43.7 Å².